The number of methoxy groups -OCH3 is 1. The van der Waals surface area contributed by atoms with Gasteiger partial charge in [0.2, 0.25) is 5.03 Å². The summed E-state index contributed by atoms with van der Waals surface area (Å²) in [6, 6.07) is 0. The van der Waals surface area contributed by atoms with E-state index in [0.29, 0.717) is 6.54 Å². The largest absolute Gasteiger partial charge is 0.492 e. The highest BCUT2D eigenvalue weighted by atomic mass is 32.2. The van der Waals surface area contributed by atoms with Crippen LogP contribution in [0.4, 0.5) is 0 Å². The van der Waals surface area contributed by atoms with Crippen molar-refractivity contribution in [2.75, 3.05) is 7.11 Å². The Morgan fingerprint density at radius 3 is 2.71 bits per heavy atom. The summed E-state index contributed by atoms with van der Waals surface area (Å²) in [5, 5.41) is 8.85. The van der Waals surface area contributed by atoms with E-state index in [2.05, 4.69) is 5.10 Å². The summed E-state index contributed by atoms with van der Waals surface area (Å²) in [7, 11) is -2.40. The number of sulfonamides is 1. The molecule has 0 aliphatic heterocycles. The van der Waals surface area contributed by atoms with Gasteiger partial charge in [0.25, 0.3) is 10.0 Å². The molecule has 0 aliphatic rings. The fourth-order valence-electron chi connectivity index (χ4n) is 1.16. The minimum atomic E-state index is -3.78. The highest BCUT2D eigenvalue weighted by molar-refractivity contribution is 7.89. The van der Waals surface area contributed by atoms with Gasteiger partial charge in [-0.2, -0.15) is 5.10 Å². The van der Waals surface area contributed by atoms with Gasteiger partial charge in [-0.15, -0.1) is 0 Å². The Balaban J connectivity index is 3.27. The molecule has 0 aromatic carbocycles. The van der Waals surface area contributed by atoms with Crippen molar-refractivity contribution in [1.82, 2.24) is 9.78 Å². The zero-order valence-corrected chi connectivity index (χ0v) is 8.91. The first-order chi connectivity index (χ1) is 6.50. The van der Waals surface area contributed by atoms with Crippen LogP contribution in [0.2, 0.25) is 0 Å². The first-order valence-electron chi connectivity index (χ1n) is 4.13. The maximum Gasteiger partial charge on any atom is 0.259 e. The maximum atomic E-state index is 11.2. The second-order valence-corrected chi connectivity index (χ2v) is 4.26. The van der Waals surface area contributed by atoms with Crippen LogP contribution in [0, 0.1) is 0 Å². The van der Waals surface area contributed by atoms with Gasteiger partial charge in [0.15, 0.2) is 5.75 Å². The first-order valence-corrected chi connectivity index (χ1v) is 5.68. The van der Waals surface area contributed by atoms with Crippen molar-refractivity contribution in [2.24, 2.45) is 5.14 Å². The minimum Gasteiger partial charge on any atom is -0.492 e. The van der Waals surface area contributed by atoms with E-state index in [-0.39, 0.29) is 10.8 Å². The summed E-state index contributed by atoms with van der Waals surface area (Å²) in [6.07, 6.45) is 2.11. The van der Waals surface area contributed by atoms with Crippen LogP contribution >= 0.6 is 0 Å². The predicted molar refractivity (Wildman–Crippen MR) is 50.4 cm³/mol. The van der Waals surface area contributed by atoms with Crippen molar-refractivity contribution < 1.29 is 13.2 Å². The normalized spacial score (nSPS) is 11.6. The van der Waals surface area contributed by atoms with E-state index in [0.717, 1.165) is 6.42 Å². The quantitative estimate of drug-likeness (QED) is 0.769. The Morgan fingerprint density at radius 1 is 1.64 bits per heavy atom. The topological polar surface area (TPSA) is 87.2 Å². The van der Waals surface area contributed by atoms with Crippen LogP contribution < -0.4 is 9.88 Å². The molecule has 0 unspecified atom stereocenters. The first kappa shape index (κ1) is 11.0. The summed E-state index contributed by atoms with van der Waals surface area (Å²) in [5.41, 5.74) is 0. The number of nitrogens with zero attached hydrogens (tertiary/aromatic N) is 2. The summed E-state index contributed by atoms with van der Waals surface area (Å²) < 4.78 is 28.6. The molecule has 1 aromatic rings. The second kappa shape index (κ2) is 3.97. The van der Waals surface area contributed by atoms with Gasteiger partial charge < -0.3 is 4.74 Å². The molecule has 0 fully saturated rings. The van der Waals surface area contributed by atoms with Gasteiger partial charge in [0.1, 0.15) is 0 Å². The fourth-order valence-corrected chi connectivity index (χ4v) is 2.00. The lowest BCUT2D eigenvalue weighted by molar-refractivity contribution is 0.395. The number of aromatic nitrogens is 2. The molecule has 0 radical (unpaired) electrons. The van der Waals surface area contributed by atoms with Crippen molar-refractivity contribution in [2.45, 2.75) is 24.9 Å². The third-order valence-corrected chi connectivity index (χ3v) is 2.64. The lowest BCUT2D eigenvalue weighted by Gasteiger charge is -2.04. The molecule has 2 N–H and O–H groups in total. The van der Waals surface area contributed by atoms with Crippen molar-refractivity contribution in [3.63, 3.8) is 0 Å². The zero-order chi connectivity index (χ0) is 10.8. The Labute approximate surface area is 82.7 Å². The number of primary sulfonamides is 1. The van der Waals surface area contributed by atoms with Gasteiger partial charge in [0, 0.05) is 6.54 Å². The molecule has 7 heteroatoms. The number of ether oxygens (including phenoxy) is 1. The SMILES string of the molecule is CCCn1ncc(OC)c1S(N)(=O)=O. The standard InChI is InChI=1S/C7H13N3O3S/c1-3-4-10-7(14(8,11)12)6(13-2)5-9-10/h5H,3-4H2,1-2H3,(H2,8,11,12). The van der Waals surface area contributed by atoms with Gasteiger partial charge in [-0.05, 0) is 6.42 Å². The van der Waals surface area contributed by atoms with Gasteiger partial charge in [-0.3, -0.25) is 0 Å². The Morgan fingerprint density at radius 2 is 2.29 bits per heavy atom. The van der Waals surface area contributed by atoms with Crippen molar-refractivity contribution in [3.05, 3.63) is 6.20 Å². The molecule has 0 aliphatic carbocycles. The Kier molecular flexibility index (Phi) is 3.12. The molecule has 1 rings (SSSR count). The van der Waals surface area contributed by atoms with Gasteiger partial charge in [-0.1, -0.05) is 6.92 Å². The molecule has 1 heterocycles. The van der Waals surface area contributed by atoms with Crippen LogP contribution in [0.3, 0.4) is 0 Å². The van der Waals surface area contributed by atoms with Crippen LogP contribution in [-0.2, 0) is 16.6 Å². The Hall–Kier alpha value is -1.08. The van der Waals surface area contributed by atoms with Crippen molar-refractivity contribution in [3.8, 4) is 5.75 Å². The molecule has 0 bridgehead atoms. The second-order valence-electron chi connectivity index (χ2n) is 2.79. The molecular weight excluding hydrogens is 206 g/mol. The average Bonchev–Trinajstić information content (AvgIpc) is 2.47. The van der Waals surface area contributed by atoms with Gasteiger partial charge >= 0.3 is 0 Å². The van der Waals surface area contributed by atoms with Crippen LogP contribution in [0.25, 0.3) is 0 Å². The predicted octanol–water partition coefficient (Wildman–Crippen LogP) is -0.0509. The summed E-state index contributed by atoms with van der Waals surface area (Å²) >= 11 is 0. The van der Waals surface area contributed by atoms with E-state index in [4.69, 9.17) is 9.88 Å². The molecule has 0 spiro atoms. The fraction of sp³-hybridized carbons (Fsp3) is 0.571. The van der Waals surface area contributed by atoms with E-state index in [1.165, 1.54) is 18.0 Å². The monoisotopic (exact) mass is 219 g/mol. The summed E-state index contributed by atoms with van der Waals surface area (Å²) in [6.45, 7) is 2.41. The van der Waals surface area contributed by atoms with Crippen LogP contribution in [0.5, 0.6) is 5.75 Å². The average molecular weight is 219 g/mol. The van der Waals surface area contributed by atoms with E-state index in [1.807, 2.05) is 6.92 Å². The lowest BCUT2D eigenvalue weighted by atomic mass is 10.5. The highest BCUT2D eigenvalue weighted by Crippen LogP contribution is 2.21. The molecular formula is C7H13N3O3S. The molecule has 14 heavy (non-hydrogen) atoms. The maximum absolute atomic E-state index is 11.2. The zero-order valence-electron chi connectivity index (χ0n) is 8.10. The van der Waals surface area contributed by atoms with E-state index in [1.54, 1.807) is 0 Å². The van der Waals surface area contributed by atoms with E-state index in [9.17, 15) is 8.42 Å². The number of nitrogens with two attached hydrogens (primary N) is 1. The smallest absolute Gasteiger partial charge is 0.259 e. The molecule has 0 saturated carbocycles. The number of rotatable bonds is 4. The lowest BCUT2D eigenvalue weighted by Crippen LogP contribution is -2.18. The Bertz CT molecular complexity index is 410. The van der Waals surface area contributed by atoms with Crippen LogP contribution in [0.1, 0.15) is 13.3 Å². The summed E-state index contributed by atoms with van der Waals surface area (Å²) in [4.78, 5) is 0. The third kappa shape index (κ3) is 2.05. The van der Waals surface area contributed by atoms with Crippen molar-refractivity contribution >= 4 is 10.0 Å². The van der Waals surface area contributed by atoms with Gasteiger partial charge in [0.05, 0.1) is 13.3 Å². The van der Waals surface area contributed by atoms with Crippen LogP contribution in [0.15, 0.2) is 11.2 Å². The van der Waals surface area contributed by atoms with E-state index >= 15 is 0 Å². The minimum absolute atomic E-state index is 0.0677. The summed E-state index contributed by atoms with van der Waals surface area (Å²) in [5.74, 6) is 0.181. The van der Waals surface area contributed by atoms with E-state index < -0.39 is 10.0 Å². The van der Waals surface area contributed by atoms with Crippen molar-refractivity contribution in [1.29, 1.82) is 0 Å². The molecule has 0 amide bonds. The van der Waals surface area contributed by atoms with Gasteiger partial charge in [-0.25, -0.2) is 18.2 Å². The number of aryl methyl sites for hydroxylation is 1. The highest BCUT2D eigenvalue weighted by Gasteiger charge is 2.21. The third-order valence-electron chi connectivity index (χ3n) is 1.68. The molecule has 1 aromatic heterocycles. The van der Waals surface area contributed by atoms with Crippen LogP contribution in [-0.4, -0.2) is 25.3 Å². The molecule has 0 atom stereocenters. The number of hydrogen-bond acceptors (Lipinski definition) is 4. The molecule has 80 valence electrons. The molecule has 0 saturated heterocycles. The molecule has 6 nitrogen and oxygen atoms in total. The number of hydrogen-bond donors (Lipinski definition) is 1.